The number of anilines is 1. The van der Waals surface area contributed by atoms with Gasteiger partial charge < -0.3 is 10.2 Å². The molecule has 1 saturated heterocycles. The molecule has 6 heteroatoms. The lowest BCUT2D eigenvalue weighted by Gasteiger charge is -2.16. The van der Waals surface area contributed by atoms with Crippen LogP contribution in [0, 0.1) is 0 Å². The Kier molecular flexibility index (Phi) is 3.69. The Morgan fingerprint density at radius 2 is 2.10 bits per heavy atom. The highest BCUT2D eigenvalue weighted by Crippen LogP contribution is 2.22. The minimum atomic E-state index is 0.114. The van der Waals surface area contributed by atoms with E-state index in [1.807, 2.05) is 11.0 Å². The van der Waals surface area contributed by atoms with Crippen LogP contribution in [0.25, 0.3) is 10.9 Å². The third kappa shape index (κ3) is 2.67. The van der Waals surface area contributed by atoms with Gasteiger partial charge in [0.15, 0.2) is 0 Å². The molecule has 2 heterocycles. The monoisotopic (exact) mass is 290 g/mol. The molecule has 1 amide bonds. The first-order valence-corrected chi connectivity index (χ1v) is 7.04. The molecule has 1 aliphatic heterocycles. The van der Waals surface area contributed by atoms with E-state index in [0.29, 0.717) is 10.8 Å². The molecule has 2 aromatic rings. The van der Waals surface area contributed by atoms with Crippen molar-refractivity contribution in [2.75, 3.05) is 25.0 Å². The quantitative estimate of drug-likeness (QED) is 0.942. The van der Waals surface area contributed by atoms with Gasteiger partial charge in [0.1, 0.15) is 12.1 Å². The highest BCUT2D eigenvalue weighted by Gasteiger charge is 2.17. The summed E-state index contributed by atoms with van der Waals surface area (Å²) in [4.78, 5) is 22.3. The van der Waals surface area contributed by atoms with Crippen LogP contribution in [0.1, 0.15) is 12.8 Å². The zero-order valence-electron chi connectivity index (χ0n) is 11.0. The lowest BCUT2D eigenvalue weighted by atomic mass is 10.2. The minimum Gasteiger partial charge on any atom is -0.360 e. The molecule has 0 atom stereocenters. The summed E-state index contributed by atoms with van der Waals surface area (Å²) in [5, 5.41) is 4.60. The van der Waals surface area contributed by atoms with Gasteiger partial charge in [-0.25, -0.2) is 9.97 Å². The summed E-state index contributed by atoms with van der Waals surface area (Å²) in [7, 11) is 0. The van der Waals surface area contributed by atoms with Crippen LogP contribution < -0.4 is 5.32 Å². The van der Waals surface area contributed by atoms with Gasteiger partial charge in [-0.2, -0.15) is 0 Å². The first kappa shape index (κ1) is 13.1. The first-order chi connectivity index (χ1) is 9.74. The van der Waals surface area contributed by atoms with Crippen molar-refractivity contribution in [2.24, 2.45) is 0 Å². The maximum atomic E-state index is 12.0. The van der Waals surface area contributed by atoms with Gasteiger partial charge in [-0.05, 0) is 31.0 Å². The Balaban J connectivity index is 1.75. The average molecular weight is 291 g/mol. The van der Waals surface area contributed by atoms with Gasteiger partial charge in [0.25, 0.3) is 0 Å². The van der Waals surface area contributed by atoms with Gasteiger partial charge in [0.05, 0.1) is 12.1 Å². The smallest absolute Gasteiger partial charge is 0.241 e. The Bertz CT molecular complexity index is 640. The van der Waals surface area contributed by atoms with Gasteiger partial charge in [0.2, 0.25) is 5.91 Å². The van der Waals surface area contributed by atoms with Crippen LogP contribution in [0.4, 0.5) is 5.82 Å². The van der Waals surface area contributed by atoms with Crippen molar-refractivity contribution in [3.8, 4) is 0 Å². The number of carbonyl (C=O) groups is 1. The Labute approximate surface area is 122 Å². The predicted molar refractivity (Wildman–Crippen MR) is 78.9 cm³/mol. The fourth-order valence-corrected chi connectivity index (χ4v) is 2.58. The van der Waals surface area contributed by atoms with Crippen LogP contribution >= 0.6 is 11.6 Å². The third-order valence-electron chi connectivity index (χ3n) is 3.46. The lowest BCUT2D eigenvalue weighted by molar-refractivity contribution is -0.128. The Hall–Kier alpha value is -1.88. The van der Waals surface area contributed by atoms with Crippen LogP contribution in [-0.2, 0) is 4.79 Å². The highest BCUT2D eigenvalue weighted by molar-refractivity contribution is 6.31. The maximum Gasteiger partial charge on any atom is 0.241 e. The lowest BCUT2D eigenvalue weighted by Crippen LogP contribution is -2.33. The Morgan fingerprint density at radius 3 is 2.90 bits per heavy atom. The van der Waals surface area contributed by atoms with E-state index >= 15 is 0 Å². The summed E-state index contributed by atoms with van der Waals surface area (Å²) in [5.74, 6) is 0.780. The molecule has 1 fully saturated rings. The molecular formula is C14H15ClN4O. The molecule has 1 aromatic heterocycles. The zero-order chi connectivity index (χ0) is 13.9. The summed E-state index contributed by atoms with van der Waals surface area (Å²) < 4.78 is 0. The van der Waals surface area contributed by atoms with Crippen LogP contribution in [-0.4, -0.2) is 40.4 Å². The second kappa shape index (κ2) is 5.63. The second-order valence-electron chi connectivity index (χ2n) is 4.83. The van der Waals surface area contributed by atoms with E-state index in [9.17, 15) is 4.79 Å². The van der Waals surface area contributed by atoms with Crippen molar-refractivity contribution in [1.82, 2.24) is 14.9 Å². The molecule has 0 radical (unpaired) electrons. The molecule has 1 aliphatic rings. The number of hydrogen-bond donors (Lipinski definition) is 1. The van der Waals surface area contributed by atoms with Crippen molar-refractivity contribution in [3.05, 3.63) is 29.5 Å². The molecule has 20 heavy (non-hydrogen) atoms. The van der Waals surface area contributed by atoms with Crippen LogP contribution in [0.5, 0.6) is 0 Å². The van der Waals surface area contributed by atoms with E-state index in [-0.39, 0.29) is 12.5 Å². The van der Waals surface area contributed by atoms with Gasteiger partial charge in [-0.1, -0.05) is 11.6 Å². The molecule has 3 rings (SSSR count). The van der Waals surface area contributed by atoms with Gasteiger partial charge >= 0.3 is 0 Å². The number of carbonyl (C=O) groups excluding carboxylic acids is 1. The van der Waals surface area contributed by atoms with Crippen molar-refractivity contribution >= 4 is 34.2 Å². The number of nitrogens with one attached hydrogen (secondary N) is 1. The van der Waals surface area contributed by atoms with Crippen molar-refractivity contribution < 1.29 is 4.79 Å². The largest absolute Gasteiger partial charge is 0.360 e. The number of amides is 1. The highest BCUT2D eigenvalue weighted by atomic mass is 35.5. The van der Waals surface area contributed by atoms with Gasteiger partial charge in [0, 0.05) is 23.5 Å². The number of likely N-dealkylation sites (tertiary alicyclic amines) is 1. The van der Waals surface area contributed by atoms with Crippen LogP contribution in [0.15, 0.2) is 24.5 Å². The molecule has 104 valence electrons. The van der Waals surface area contributed by atoms with E-state index in [0.717, 1.165) is 36.8 Å². The van der Waals surface area contributed by atoms with Crippen molar-refractivity contribution in [1.29, 1.82) is 0 Å². The van der Waals surface area contributed by atoms with Crippen molar-refractivity contribution in [2.45, 2.75) is 12.8 Å². The number of rotatable bonds is 3. The van der Waals surface area contributed by atoms with E-state index in [1.54, 1.807) is 12.1 Å². The normalized spacial score (nSPS) is 14.8. The summed E-state index contributed by atoms with van der Waals surface area (Å²) >= 11 is 5.94. The molecule has 0 unspecified atom stereocenters. The van der Waals surface area contributed by atoms with E-state index in [1.165, 1.54) is 6.33 Å². The molecule has 0 aliphatic carbocycles. The first-order valence-electron chi connectivity index (χ1n) is 6.66. The van der Waals surface area contributed by atoms with Crippen LogP contribution in [0.2, 0.25) is 5.02 Å². The van der Waals surface area contributed by atoms with Gasteiger partial charge in [-0.3, -0.25) is 4.79 Å². The summed E-state index contributed by atoms with van der Waals surface area (Å²) in [6.45, 7) is 1.98. The SMILES string of the molecule is O=C(CNc1ncnc2cc(Cl)ccc12)N1CCCC1. The van der Waals surface area contributed by atoms with E-state index in [4.69, 9.17) is 11.6 Å². The topological polar surface area (TPSA) is 58.1 Å². The predicted octanol–water partition coefficient (Wildman–Crippen LogP) is 2.32. The number of fused-ring (bicyclic) bond motifs is 1. The molecule has 0 saturated carbocycles. The minimum absolute atomic E-state index is 0.114. The molecule has 0 spiro atoms. The second-order valence-corrected chi connectivity index (χ2v) is 5.26. The van der Waals surface area contributed by atoms with Crippen molar-refractivity contribution in [3.63, 3.8) is 0 Å². The molecule has 1 N–H and O–H groups in total. The zero-order valence-corrected chi connectivity index (χ0v) is 11.7. The third-order valence-corrected chi connectivity index (χ3v) is 3.70. The number of benzene rings is 1. The standard InChI is InChI=1S/C14H15ClN4O/c15-10-3-4-11-12(7-10)17-9-18-14(11)16-8-13(20)19-5-1-2-6-19/h3-4,7,9H,1-2,5-6,8H2,(H,16,17,18). The summed E-state index contributed by atoms with van der Waals surface area (Å²) in [6.07, 6.45) is 3.67. The van der Waals surface area contributed by atoms with E-state index in [2.05, 4.69) is 15.3 Å². The molecule has 5 nitrogen and oxygen atoms in total. The summed E-state index contributed by atoms with van der Waals surface area (Å²) in [6, 6.07) is 5.44. The molecule has 1 aromatic carbocycles. The van der Waals surface area contributed by atoms with Crippen LogP contribution in [0.3, 0.4) is 0 Å². The van der Waals surface area contributed by atoms with E-state index < -0.39 is 0 Å². The summed E-state index contributed by atoms with van der Waals surface area (Å²) in [5.41, 5.74) is 0.767. The molecular weight excluding hydrogens is 276 g/mol. The number of hydrogen-bond acceptors (Lipinski definition) is 4. The fourth-order valence-electron chi connectivity index (χ4n) is 2.41. The number of nitrogens with zero attached hydrogens (tertiary/aromatic N) is 3. The number of aromatic nitrogens is 2. The van der Waals surface area contributed by atoms with Gasteiger partial charge in [-0.15, -0.1) is 0 Å². The number of halogens is 1. The maximum absolute atomic E-state index is 12.0. The fraction of sp³-hybridized carbons (Fsp3) is 0.357. The Morgan fingerprint density at radius 1 is 1.30 bits per heavy atom. The molecule has 0 bridgehead atoms. The average Bonchev–Trinajstić information content (AvgIpc) is 2.98.